The molecular formula is C24H31N3O4S. The third kappa shape index (κ3) is 4.66. The van der Waals surface area contributed by atoms with Gasteiger partial charge in [-0.1, -0.05) is 28.9 Å². The molecule has 32 heavy (non-hydrogen) atoms. The number of amides is 1. The number of nitrogens with one attached hydrogen (secondary N) is 1. The van der Waals surface area contributed by atoms with E-state index in [0.29, 0.717) is 25.1 Å². The Labute approximate surface area is 189 Å². The molecule has 1 atom stereocenters. The first-order valence-corrected chi connectivity index (χ1v) is 12.6. The zero-order valence-electron chi connectivity index (χ0n) is 19.1. The molecule has 7 nitrogen and oxygen atoms in total. The van der Waals surface area contributed by atoms with Gasteiger partial charge in [0, 0.05) is 19.1 Å². The van der Waals surface area contributed by atoms with Gasteiger partial charge in [0.2, 0.25) is 15.9 Å². The van der Waals surface area contributed by atoms with Crippen LogP contribution in [-0.2, 0) is 14.8 Å². The maximum absolute atomic E-state index is 13.5. The predicted molar refractivity (Wildman–Crippen MR) is 123 cm³/mol. The second kappa shape index (κ2) is 8.83. The van der Waals surface area contributed by atoms with E-state index in [4.69, 9.17) is 4.52 Å². The highest BCUT2D eigenvalue weighted by Crippen LogP contribution is 2.30. The summed E-state index contributed by atoms with van der Waals surface area (Å²) in [6.45, 7) is 8.32. The van der Waals surface area contributed by atoms with Gasteiger partial charge in [0.15, 0.2) is 10.7 Å². The van der Waals surface area contributed by atoms with Gasteiger partial charge in [-0.3, -0.25) is 4.79 Å². The Hall–Kier alpha value is -2.45. The molecule has 2 fully saturated rings. The monoisotopic (exact) mass is 457 g/mol. The number of carbonyl (C=O) groups is 1. The molecule has 1 aromatic carbocycles. The summed E-state index contributed by atoms with van der Waals surface area (Å²) in [5.41, 5.74) is 4.76. The number of aryl methyl sites for hydroxylation is 4. The lowest BCUT2D eigenvalue weighted by molar-refractivity contribution is -0.126. The predicted octanol–water partition coefficient (Wildman–Crippen LogP) is 3.76. The van der Waals surface area contributed by atoms with Crippen molar-refractivity contribution in [1.29, 1.82) is 0 Å². The molecule has 2 heterocycles. The van der Waals surface area contributed by atoms with E-state index in [1.165, 1.54) is 9.87 Å². The van der Waals surface area contributed by atoms with E-state index in [0.717, 1.165) is 29.5 Å². The highest BCUT2D eigenvalue weighted by molar-refractivity contribution is 7.89. The van der Waals surface area contributed by atoms with Gasteiger partial charge >= 0.3 is 0 Å². The first-order valence-electron chi connectivity index (χ1n) is 11.2. The summed E-state index contributed by atoms with van der Waals surface area (Å²) >= 11 is 0. The lowest BCUT2D eigenvalue weighted by atomic mass is 9.99. The second-order valence-electron chi connectivity index (χ2n) is 9.09. The van der Waals surface area contributed by atoms with Crippen LogP contribution in [0.3, 0.4) is 0 Å². The van der Waals surface area contributed by atoms with E-state index in [1.54, 1.807) is 13.0 Å². The normalized spacial score (nSPS) is 20.1. The number of piperidine rings is 1. The van der Waals surface area contributed by atoms with E-state index in [-0.39, 0.29) is 35.1 Å². The molecule has 8 heteroatoms. The van der Waals surface area contributed by atoms with Crippen LogP contribution in [0.15, 0.2) is 21.6 Å². The largest absolute Gasteiger partial charge is 0.355 e. The summed E-state index contributed by atoms with van der Waals surface area (Å²) in [5.74, 6) is -0.151. The zero-order valence-corrected chi connectivity index (χ0v) is 20.0. The van der Waals surface area contributed by atoms with Crippen LogP contribution in [0, 0.1) is 33.6 Å². The number of carbonyl (C=O) groups excluding carboxylic acids is 1. The third-order valence-corrected chi connectivity index (χ3v) is 8.27. The van der Waals surface area contributed by atoms with Crippen molar-refractivity contribution in [2.45, 2.75) is 64.3 Å². The van der Waals surface area contributed by atoms with Crippen LogP contribution in [0.1, 0.15) is 59.4 Å². The Kier molecular flexibility index (Phi) is 6.27. The minimum atomic E-state index is -3.84. The van der Waals surface area contributed by atoms with Gasteiger partial charge in [0.1, 0.15) is 5.69 Å². The number of nitrogens with zero attached hydrogens (tertiary/aromatic N) is 2. The van der Waals surface area contributed by atoms with Gasteiger partial charge in [0.25, 0.3) is 0 Å². The molecule has 1 N–H and O–H groups in total. The standard InChI is InChI=1S/C24H31N3O4S/c1-15-12-16(2)21(17(3)13-15)9-10-22-23(18(4)26-31-22)32(29,30)27-11-5-6-19(14-27)24(28)25-20-7-8-20/h9-10,12-13,19-20H,5-8,11,14H2,1-4H3,(H,25,28)/b10-9+. The average Bonchev–Trinajstić information content (AvgIpc) is 3.46. The van der Waals surface area contributed by atoms with Crippen molar-refractivity contribution in [3.63, 3.8) is 0 Å². The summed E-state index contributed by atoms with van der Waals surface area (Å²) in [7, 11) is -3.84. The molecule has 1 amide bonds. The van der Waals surface area contributed by atoms with Gasteiger partial charge in [-0.15, -0.1) is 0 Å². The lowest BCUT2D eigenvalue weighted by Crippen LogP contribution is -2.46. The highest BCUT2D eigenvalue weighted by Gasteiger charge is 2.38. The van der Waals surface area contributed by atoms with Crippen LogP contribution >= 0.6 is 0 Å². The van der Waals surface area contributed by atoms with Crippen molar-refractivity contribution in [3.05, 3.63) is 45.8 Å². The fourth-order valence-corrected chi connectivity index (χ4v) is 6.24. The van der Waals surface area contributed by atoms with Crippen LogP contribution in [0.25, 0.3) is 12.2 Å². The number of sulfonamides is 1. The summed E-state index contributed by atoms with van der Waals surface area (Å²) in [4.78, 5) is 12.6. The highest BCUT2D eigenvalue weighted by atomic mass is 32.2. The van der Waals surface area contributed by atoms with Crippen LogP contribution in [-0.4, -0.2) is 42.9 Å². The van der Waals surface area contributed by atoms with Crippen molar-refractivity contribution in [2.75, 3.05) is 13.1 Å². The molecule has 0 bridgehead atoms. The first-order chi connectivity index (χ1) is 15.2. The Morgan fingerprint density at radius 3 is 2.47 bits per heavy atom. The van der Waals surface area contributed by atoms with Crippen LogP contribution in [0.5, 0.6) is 0 Å². The minimum absolute atomic E-state index is 0.0418. The van der Waals surface area contributed by atoms with Gasteiger partial charge in [-0.25, -0.2) is 8.42 Å². The quantitative estimate of drug-likeness (QED) is 0.713. The smallest absolute Gasteiger partial charge is 0.248 e. The van der Waals surface area contributed by atoms with Gasteiger partial charge < -0.3 is 9.84 Å². The number of hydrogen-bond acceptors (Lipinski definition) is 5. The molecule has 2 aromatic rings. The SMILES string of the molecule is Cc1cc(C)c(/C=C/c2onc(C)c2S(=O)(=O)N2CCCC(C(=O)NC3CC3)C2)c(C)c1. The molecule has 0 spiro atoms. The Morgan fingerprint density at radius 2 is 1.81 bits per heavy atom. The van der Waals surface area contributed by atoms with E-state index < -0.39 is 10.0 Å². The van der Waals surface area contributed by atoms with Crippen LogP contribution in [0.2, 0.25) is 0 Å². The Morgan fingerprint density at radius 1 is 1.12 bits per heavy atom. The van der Waals surface area contributed by atoms with E-state index in [2.05, 4.69) is 29.5 Å². The van der Waals surface area contributed by atoms with Crippen molar-refractivity contribution < 1.29 is 17.7 Å². The fourth-order valence-electron chi connectivity index (χ4n) is 4.46. The third-order valence-electron chi connectivity index (χ3n) is 6.25. The van der Waals surface area contributed by atoms with Gasteiger partial charge in [-0.05, 0) is 76.1 Å². The summed E-state index contributed by atoms with van der Waals surface area (Å²) in [5, 5.41) is 6.94. The topological polar surface area (TPSA) is 92.5 Å². The molecule has 172 valence electrons. The maximum atomic E-state index is 13.5. The van der Waals surface area contributed by atoms with Crippen molar-refractivity contribution in [2.24, 2.45) is 5.92 Å². The molecule has 1 saturated heterocycles. The molecule has 0 radical (unpaired) electrons. The molecule has 1 aliphatic carbocycles. The number of benzene rings is 1. The molecule has 4 rings (SSSR count). The number of hydrogen-bond donors (Lipinski definition) is 1. The molecule has 1 saturated carbocycles. The van der Waals surface area contributed by atoms with Crippen molar-refractivity contribution in [3.8, 4) is 0 Å². The first kappa shape index (κ1) is 22.7. The summed E-state index contributed by atoms with van der Waals surface area (Å²) in [6.07, 6.45) is 6.93. The number of rotatable bonds is 6. The van der Waals surface area contributed by atoms with E-state index in [9.17, 15) is 13.2 Å². The zero-order chi connectivity index (χ0) is 23.0. The number of aromatic nitrogens is 1. The van der Waals surface area contributed by atoms with Crippen molar-refractivity contribution >= 4 is 28.1 Å². The molecular weight excluding hydrogens is 426 g/mol. The van der Waals surface area contributed by atoms with Crippen molar-refractivity contribution in [1.82, 2.24) is 14.8 Å². The minimum Gasteiger partial charge on any atom is -0.355 e. The lowest BCUT2D eigenvalue weighted by Gasteiger charge is -2.31. The van der Waals surface area contributed by atoms with Gasteiger partial charge in [0.05, 0.1) is 5.92 Å². The maximum Gasteiger partial charge on any atom is 0.248 e. The summed E-state index contributed by atoms with van der Waals surface area (Å²) in [6, 6.07) is 4.45. The molecule has 1 aromatic heterocycles. The van der Waals surface area contributed by atoms with E-state index >= 15 is 0 Å². The average molecular weight is 458 g/mol. The van der Waals surface area contributed by atoms with Crippen LogP contribution < -0.4 is 5.32 Å². The second-order valence-corrected chi connectivity index (χ2v) is 11.0. The summed E-state index contributed by atoms with van der Waals surface area (Å²) < 4.78 is 33.9. The Balaban J connectivity index is 1.59. The van der Waals surface area contributed by atoms with E-state index in [1.807, 2.05) is 19.9 Å². The Bertz CT molecular complexity index is 1140. The fraction of sp³-hybridized carbons (Fsp3) is 0.500. The van der Waals surface area contributed by atoms with Gasteiger partial charge in [-0.2, -0.15) is 4.31 Å². The molecule has 1 aliphatic heterocycles. The molecule has 2 aliphatic rings. The van der Waals surface area contributed by atoms with Crippen LogP contribution in [0.4, 0.5) is 0 Å². The molecule has 1 unspecified atom stereocenters.